The molecule has 5 N–H and O–H groups in total. The van der Waals surface area contributed by atoms with Gasteiger partial charge in [-0.1, -0.05) is 17.3 Å². The molecule has 7 heteroatoms. The number of hydrogen-bond donors (Lipinski definition) is 4. The second kappa shape index (κ2) is 8.41. The number of aliphatic hydroxyl groups excluding tert-OH is 1. The zero-order chi connectivity index (χ0) is 14.1. The van der Waals surface area contributed by atoms with Crippen LogP contribution in [0.25, 0.3) is 0 Å². The van der Waals surface area contributed by atoms with E-state index in [9.17, 15) is 4.39 Å². The molecule has 0 spiro atoms. The van der Waals surface area contributed by atoms with Crippen LogP contribution in [0, 0.1) is 5.82 Å². The van der Waals surface area contributed by atoms with Crippen molar-refractivity contribution >= 4 is 5.84 Å². The molecule has 0 heterocycles. The first-order chi connectivity index (χ1) is 9.20. The van der Waals surface area contributed by atoms with Crippen LogP contribution in [0.2, 0.25) is 0 Å². The van der Waals surface area contributed by atoms with Gasteiger partial charge in [0.2, 0.25) is 0 Å². The quantitative estimate of drug-likeness (QED) is 0.176. The van der Waals surface area contributed by atoms with Gasteiger partial charge >= 0.3 is 0 Å². The van der Waals surface area contributed by atoms with Gasteiger partial charge in [-0.05, 0) is 6.07 Å². The third-order valence-corrected chi connectivity index (χ3v) is 2.44. The SMILES string of the molecule is N/C(=N/O)c1cccc(CNCCOCCO)c1F. The van der Waals surface area contributed by atoms with Crippen LogP contribution in [0.5, 0.6) is 0 Å². The Bertz CT molecular complexity index is 427. The van der Waals surface area contributed by atoms with E-state index in [0.717, 1.165) is 0 Å². The number of nitrogens with two attached hydrogens (primary N) is 1. The van der Waals surface area contributed by atoms with E-state index in [1.54, 1.807) is 12.1 Å². The van der Waals surface area contributed by atoms with Crippen molar-refractivity contribution in [1.29, 1.82) is 0 Å². The highest BCUT2D eigenvalue weighted by Gasteiger charge is 2.10. The molecule has 106 valence electrons. The molecule has 0 saturated heterocycles. The van der Waals surface area contributed by atoms with E-state index in [4.69, 9.17) is 20.8 Å². The molecule has 0 unspecified atom stereocenters. The van der Waals surface area contributed by atoms with Gasteiger partial charge in [-0.25, -0.2) is 4.39 Å². The molecule has 0 amide bonds. The van der Waals surface area contributed by atoms with E-state index in [0.29, 0.717) is 25.3 Å². The van der Waals surface area contributed by atoms with Crippen molar-refractivity contribution in [3.8, 4) is 0 Å². The number of benzene rings is 1. The molecule has 0 aliphatic heterocycles. The normalized spacial score (nSPS) is 11.8. The average molecular weight is 271 g/mol. The summed E-state index contributed by atoms with van der Waals surface area (Å²) in [5, 5.41) is 22.8. The van der Waals surface area contributed by atoms with Crippen LogP contribution >= 0.6 is 0 Å². The summed E-state index contributed by atoms with van der Waals surface area (Å²) in [6.45, 7) is 1.54. The van der Waals surface area contributed by atoms with Crippen molar-refractivity contribution in [3.05, 3.63) is 35.1 Å². The fourth-order valence-corrected chi connectivity index (χ4v) is 1.50. The maximum Gasteiger partial charge on any atom is 0.173 e. The minimum atomic E-state index is -0.512. The van der Waals surface area contributed by atoms with Gasteiger partial charge in [0.1, 0.15) is 5.82 Å². The first-order valence-electron chi connectivity index (χ1n) is 5.85. The van der Waals surface area contributed by atoms with Gasteiger partial charge in [-0.2, -0.15) is 0 Å². The third-order valence-electron chi connectivity index (χ3n) is 2.44. The maximum absolute atomic E-state index is 14.0. The number of aliphatic hydroxyl groups is 1. The molecule has 0 atom stereocenters. The molecule has 0 fully saturated rings. The Balaban J connectivity index is 2.50. The van der Waals surface area contributed by atoms with E-state index in [-0.39, 0.29) is 24.6 Å². The van der Waals surface area contributed by atoms with Gasteiger partial charge in [0.25, 0.3) is 0 Å². The summed E-state index contributed by atoms with van der Waals surface area (Å²) in [6, 6.07) is 4.69. The molecule has 0 aromatic heterocycles. The van der Waals surface area contributed by atoms with Crippen molar-refractivity contribution in [1.82, 2.24) is 5.32 Å². The summed E-state index contributed by atoms with van der Waals surface area (Å²) in [4.78, 5) is 0. The second-order valence-corrected chi connectivity index (χ2v) is 3.78. The number of nitrogens with zero attached hydrogens (tertiary/aromatic N) is 1. The number of rotatable bonds is 8. The van der Waals surface area contributed by atoms with Crippen LogP contribution in [-0.4, -0.2) is 42.5 Å². The van der Waals surface area contributed by atoms with E-state index in [1.807, 2.05) is 0 Å². The van der Waals surface area contributed by atoms with Crippen molar-refractivity contribution in [3.63, 3.8) is 0 Å². The highest BCUT2D eigenvalue weighted by Crippen LogP contribution is 2.12. The van der Waals surface area contributed by atoms with Crippen molar-refractivity contribution in [2.75, 3.05) is 26.4 Å². The first-order valence-corrected chi connectivity index (χ1v) is 5.85. The van der Waals surface area contributed by atoms with E-state index < -0.39 is 5.82 Å². The van der Waals surface area contributed by atoms with Crippen molar-refractivity contribution < 1.29 is 19.4 Å². The topological polar surface area (TPSA) is 100 Å². The Kier molecular flexibility index (Phi) is 6.80. The van der Waals surface area contributed by atoms with Crippen molar-refractivity contribution in [2.45, 2.75) is 6.54 Å². The number of oxime groups is 1. The fourth-order valence-electron chi connectivity index (χ4n) is 1.50. The van der Waals surface area contributed by atoms with Crippen LogP contribution in [-0.2, 0) is 11.3 Å². The fraction of sp³-hybridized carbons (Fsp3) is 0.417. The molecule has 0 radical (unpaired) electrons. The monoisotopic (exact) mass is 271 g/mol. The highest BCUT2D eigenvalue weighted by atomic mass is 19.1. The Hall–Kier alpha value is -1.70. The lowest BCUT2D eigenvalue weighted by Gasteiger charge is -2.09. The lowest BCUT2D eigenvalue weighted by molar-refractivity contribution is 0.0937. The van der Waals surface area contributed by atoms with Gasteiger partial charge < -0.3 is 26.1 Å². The van der Waals surface area contributed by atoms with Gasteiger partial charge in [-0.3, -0.25) is 0 Å². The Morgan fingerprint density at radius 1 is 1.42 bits per heavy atom. The zero-order valence-electron chi connectivity index (χ0n) is 10.5. The molecule has 1 aromatic rings. The third kappa shape index (κ3) is 4.82. The predicted octanol–water partition coefficient (Wildman–Crippen LogP) is 0.0187. The van der Waals surface area contributed by atoms with Crippen LogP contribution in [0.3, 0.4) is 0 Å². The van der Waals surface area contributed by atoms with Gasteiger partial charge in [0, 0.05) is 18.7 Å². The van der Waals surface area contributed by atoms with Gasteiger partial charge in [0.05, 0.1) is 25.4 Å². The molecule has 0 aliphatic carbocycles. The minimum absolute atomic E-state index is 0.0174. The smallest absolute Gasteiger partial charge is 0.173 e. The summed E-state index contributed by atoms with van der Waals surface area (Å²) >= 11 is 0. The Labute approximate surface area is 110 Å². The largest absolute Gasteiger partial charge is 0.409 e. The summed E-state index contributed by atoms with van der Waals surface area (Å²) < 4.78 is 19.0. The minimum Gasteiger partial charge on any atom is -0.409 e. The lowest BCUT2D eigenvalue weighted by atomic mass is 10.1. The average Bonchev–Trinajstić information content (AvgIpc) is 2.43. The van der Waals surface area contributed by atoms with Crippen LogP contribution in [0.4, 0.5) is 4.39 Å². The first kappa shape index (κ1) is 15.4. The van der Waals surface area contributed by atoms with E-state index >= 15 is 0 Å². The molecule has 0 bridgehead atoms. The summed E-state index contributed by atoms with van der Waals surface area (Å²) in [5.41, 5.74) is 5.86. The molecule has 6 nitrogen and oxygen atoms in total. The van der Waals surface area contributed by atoms with E-state index in [2.05, 4.69) is 10.5 Å². The standard InChI is InChI=1S/C12H18FN3O3/c13-11-9(8-15-4-6-19-7-5-17)2-1-3-10(11)12(14)16-18/h1-3,15,17-18H,4-8H2,(H2,14,16). The number of halogens is 1. The Morgan fingerprint density at radius 2 is 2.21 bits per heavy atom. The lowest BCUT2D eigenvalue weighted by Crippen LogP contribution is -2.22. The Morgan fingerprint density at radius 3 is 2.89 bits per heavy atom. The summed E-state index contributed by atoms with van der Waals surface area (Å²) in [7, 11) is 0. The summed E-state index contributed by atoms with van der Waals surface area (Å²) in [6.07, 6.45) is 0. The van der Waals surface area contributed by atoms with Crippen LogP contribution in [0.1, 0.15) is 11.1 Å². The zero-order valence-corrected chi connectivity index (χ0v) is 10.5. The molecule has 19 heavy (non-hydrogen) atoms. The van der Waals surface area contributed by atoms with Crippen LogP contribution in [0.15, 0.2) is 23.4 Å². The maximum atomic E-state index is 14.0. The van der Waals surface area contributed by atoms with Gasteiger partial charge in [0.15, 0.2) is 5.84 Å². The molecule has 1 aromatic carbocycles. The molecule has 1 rings (SSSR count). The van der Waals surface area contributed by atoms with Crippen molar-refractivity contribution in [2.24, 2.45) is 10.9 Å². The molecule has 0 aliphatic rings. The van der Waals surface area contributed by atoms with Crippen LogP contribution < -0.4 is 11.1 Å². The highest BCUT2D eigenvalue weighted by molar-refractivity contribution is 5.97. The van der Waals surface area contributed by atoms with E-state index in [1.165, 1.54) is 6.07 Å². The molecular weight excluding hydrogens is 253 g/mol. The van der Waals surface area contributed by atoms with Gasteiger partial charge in [-0.15, -0.1) is 0 Å². The number of amidine groups is 1. The molecule has 0 saturated carbocycles. The number of nitrogens with one attached hydrogen (secondary N) is 1. The summed E-state index contributed by atoms with van der Waals surface area (Å²) in [5.74, 6) is -0.771. The predicted molar refractivity (Wildman–Crippen MR) is 68.5 cm³/mol. The number of ether oxygens (including phenoxy) is 1. The molecular formula is C12H18FN3O3. The number of hydrogen-bond acceptors (Lipinski definition) is 5. The second-order valence-electron chi connectivity index (χ2n) is 3.78.